The lowest BCUT2D eigenvalue weighted by Gasteiger charge is -2.11. The van der Waals surface area contributed by atoms with Crippen molar-refractivity contribution >= 4 is 35.6 Å². The van der Waals surface area contributed by atoms with Crippen molar-refractivity contribution < 1.29 is 0 Å². The van der Waals surface area contributed by atoms with Gasteiger partial charge in [-0.1, -0.05) is 23.2 Å². The predicted octanol–water partition coefficient (Wildman–Crippen LogP) is 1.77. The van der Waals surface area contributed by atoms with Crippen LogP contribution in [0.2, 0.25) is 10.0 Å². The van der Waals surface area contributed by atoms with E-state index in [1.807, 2.05) is 0 Å². The van der Waals surface area contributed by atoms with Crippen LogP contribution in [0, 0.1) is 0 Å². The molecule has 0 aromatic carbocycles. The molecule has 0 aliphatic rings. The second-order valence-electron chi connectivity index (χ2n) is 2.36. The fourth-order valence-electron chi connectivity index (χ4n) is 0.893. The number of rotatable bonds is 2. The molecule has 6 heteroatoms. The average molecular weight is 243 g/mol. The molecule has 0 bridgehead atoms. The number of pyridine rings is 1. The minimum Gasteiger partial charge on any atom is -0.329 e. The Morgan fingerprint density at radius 3 is 2.15 bits per heavy atom. The van der Waals surface area contributed by atoms with Crippen molar-refractivity contribution in [1.82, 2.24) is 4.98 Å². The Balaban J connectivity index is 0.00000144. The van der Waals surface area contributed by atoms with Crippen molar-refractivity contribution in [1.29, 1.82) is 0 Å². The fraction of sp³-hybridized carbons (Fsp3) is 0.286. The molecular formula is C7H10Cl3N3. The molecule has 13 heavy (non-hydrogen) atoms. The summed E-state index contributed by atoms with van der Waals surface area (Å²) < 4.78 is 0. The molecule has 1 atom stereocenters. The van der Waals surface area contributed by atoms with Gasteiger partial charge >= 0.3 is 0 Å². The zero-order chi connectivity index (χ0) is 9.14. The van der Waals surface area contributed by atoms with Crippen molar-refractivity contribution in [2.75, 3.05) is 6.54 Å². The Labute approximate surface area is 92.8 Å². The molecule has 0 fully saturated rings. The molecule has 4 N–H and O–H groups in total. The highest BCUT2D eigenvalue weighted by Gasteiger charge is 2.12. The van der Waals surface area contributed by atoms with Crippen LogP contribution in [0.3, 0.4) is 0 Å². The molecule has 1 aromatic heterocycles. The first-order valence-electron chi connectivity index (χ1n) is 3.41. The van der Waals surface area contributed by atoms with E-state index in [2.05, 4.69) is 4.98 Å². The van der Waals surface area contributed by atoms with Crippen LogP contribution in [0.15, 0.2) is 12.4 Å². The number of hydrogen-bond acceptors (Lipinski definition) is 3. The highest BCUT2D eigenvalue weighted by atomic mass is 35.5. The van der Waals surface area contributed by atoms with Gasteiger partial charge < -0.3 is 11.5 Å². The van der Waals surface area contributed by atoms with Gasteiger partial charge in [0.25, 0.3) is 0 Å². The van der Waals surface area contributed by atoms with E-state index in [9.17, 15) is 0 Å². The van der Waals surface area contributed by atoms with Crippen LogP contribution < -0.4 is 11.5 Å². The van der Waals surface area contributed by atoms with Crippen LogP contribution >= 0.6 is 35.6 Å². The van der Waals surface area contributed by atoms with Gasteiger partial charge in [-0.3, -0.25) is 4.98 Å². The van der Waals surface area contributed by atoms with E-state index >= 15 is 0 Å². The molecule has 1 rings (SSSR count). The van der Waals surface area contributed by atoms with Crippen LogP contribution in [-0.4, -0.2) is 11.5 Å². The summed E-state index contributed by atoms with van der Waals surface area (Å²) in [5.74, 6) is 0. The average Bonchev–Trinajstić information content (AvgIpc) is 2.03. The minimum atomic E-state index is -0.326. The van der Waals surface area contributed by atoms with E-state index < -0.39 is 0 Å². The first-order valence-corrected chi connectivity index (χ1v) is 4.17. The number of nitrogens with two attached hydrogens (primary N) is 2. The van der Waals surface area contributed by atoms with Crippen LogP contribution in [0.25, 0.3) is 0 Å². The second kappa shape index (κ2) is 5.62. The Hall–Kier alpha value is -0.0600. The van der Waals surface area contributed by atoms with Gasteiger partial charge in [0.15, 0.2) is 0 Å². The van der Waals surface area contributed by atoms with Crippen LogP contribution in [0.4, 0.5) is 0 Å². The van der Waals surface area contributed by atoms with Gasteiger partial charge in [-0.2, -0.15) is 0 Å². The summed E-state index contributed by atoms with van der Waals surface area (Å²) in [6.07, 6.45) is 3.00. The predicted molar refractivity (Wildman–Crippen MR) is 57.5 cm³/mol. The number of nitrogens with zero attached hydrogens (tertiary/aromatic N) is 1. The molecule has 0 unspecified atom stereocenters. The quantitative estimate of drug-likeness (QED) is 0.831. The zero-order valence-electron chi connectivity index (χ0n) is 6.71. The molecule has 1 aromatic rings. The van der Waals surface area contributed by atoms with E-state index in [1.165, 1.54) is 12.4 Å². The fourth-order valence-corrected chi connectivity index (χ4v) is 1.54. The molecule has 0 aliphatic heterocycles. The largest absolute Gasteiger partial charge is 0.329 e. The third kappa shape index (κ3) is 2.97. The Morgan fingerprint density at radius 1 is 1.31 bits per heavy atom. The van der Waals surface area contributed by atoms with E-state index in [0.29, 0.717) is 22.2 Å². The number of halogens is 3. The van der Waals surface area contributed by atoms with Crippen molar-refractivity contribution in [2.45, 2.75) is 6.04 Å². The highest BCUT2D eigenvalue weighted by Crippen LogP contribution is 2.27. The molecule has 0 saturated carbocycles. The lowest BCUT2D eigenvalue weighted by atomic mass is 10.1. The van der Waals surface area contributed by atoms with Crippen LogP contribution in [0.5, 0.6) is 0 Å². The summed E-state index contributed by atoms with van der Waals surface area (Å²) in [7, 11) is 0. The maximum Gasteiger partial charge on any atom is 0.0652 e. The van der Waals surface area contributed by atoms with E-state index in [4.69, 9.17) is 34.7 Å². The van der Waals surface area contributed by atoms with Crippen molar-refractivity contribution in [3.63, 3.8) is 0 Å². The van der Waals surface area contributed by atoms with E-state index in [0.717, 1.165) is 0 Å². The second-order valence-corrected chi connectivity index (χ2v) is 3.17. The first kappa shape index (κ1) is 12.9. The molecular weight excluding hydrogens is 232 g/mol. The van der Waals surface area contributed by atoms with E-state index in [1.54, 1.807) is 0 Å². The molecule has 1 heterocycles. The van der Waals surface area contributed by atoms with Gasteiger partial charge in [0.2, 0.25) is 0 Å². The first-order chi connectivity index (χ1) is 5.66. The normalized spacial score (nSPS) is 12.0. The topological polar surface area (TPSA) is 64.9 Å². The maximum absolute atomic E-state index is 5.82. The summed E-state index contributed by atoms with van der Waals surface area (Å²) in [6, 6.07) is -0.326. The molecule has 0 radical (unpaired) electrons. The zero-order valence-corrected chi connectivity index (χ0v) is 9.03. The van der Waals surface area contributed by atoms with Gasteiger partial charge in [0.1, 0.15) is 0 Å². The van der Waals surface area contributed by atoms with Crippen molar-refractivity contribution in [2.24, 2.45) is 11.5 Å². The standard InChI is InChI=1S/C7H9Cl2N3.ClH/c8-4-2-12-3-5(9)7(4)6(11)1-10;/h2-3,6H,1,10-11H2;1H/t6-;/m0./s1. The van der Waals surface area contributed by atoms with Gasteiger partial charge in [-0.15, -0.1) is 12.4 Å². The van der Waals surface area contributed by atoms with Crippen LogP contribution in [0.1, 0.15) is 11.6 Å². The SMILES string of the molecule is Cl.NC[C@H](N)c1c(Cl)cncc1Cl. The van der Waals surface area contributed by atoms with Gasteiger partial charge in [-0.25, -0.2) is 0 Å². The summed E-state index contributed by atoms with van der Waals surface area (Å²) in [5.41, 5.74) is 11.7. The molecule has 0 amide bonds. The van der Waals surface area contributed by atoms with Crippen molar-refractivity contribution in [3.05, 3.63) is 28.0 Å². The maximum atomic E-state index is 5.82. The molecule has 74 valence electrons. The summed E-state index contributed by atoms with van der Waals surface area (Å²) in [5, 5.41) is 0.918. The molecule has 0 aliphatic carbocycles. The Morgan fingerprint density at radius 2 is 1.77 bits per heavy atom. The summed E-state index contributed by atoms with van der Waals surface area (Å²) >= 11 is 11.6. The Bertz CT molecular complexity index is 259. The lowest BCUT2D eigenvalue weighted by Crippen LogP contribution is -2.21. The molecule has 0 spiro atoms. The van der Waals surface area contributed by atoms with Gasteiger partial charge in [-0.05, 0) is 0 Å². The van der Waals surface area contributed by atoms with Gasteiger partial charge in [0, 0.05) is 30.5 Å². The third-order valence-corrected chi connectivity index (χ3v) is 2.12. The lowest BCUT2D eigenvalue weighted by molar-refractivity contribution is 0.736. The molecule has 0 saturated heterocycles. The van der Waals surface area contributed by atoms with Gasteiger partial charge in [0.05, 0.1) is 10.0 Å². The van der Waals surface area contributed by atoms with E-state index in [-0.39, 0.29) is 18.4 Å². The highest BCUT2D eigenvalue weighted by molar-refractivity contribution is 6.35. The Kier molecular flexibility index (Phi) is 5.60. The van der Waals surface area contributed by atoms with Crippen LogP contribution in [-0.2, 0) is 0 Å². The molecule has 3 nitrogen and oxygen atoms in total. The van der Waals surface area contributed by atoms with Crippen molar-refractivity contribution in [3.8, 4) is 0 Å². The monoisotopic (exact) mass is 241 g/mol. The number of aromatic nitrogens is 1. The number of hydrogen-bond donors (Lipinski definition) is 2. The minimum absolute atomic E-state index is 0. The smallest absolute Gasteiger partial charge is 0.0652 e. The summed E-state index contributed by atoms with van der Waals surface area (Å²) in [6.45, 7) is 0.309. The summed E-state index contributed by atoms with van der Waals surface area (Å²) in [4.78, 5) is 3.80. The third-order valence-electron chi connectivity index (χ3n) is 1.52.